The fourth-order valence-electron chi connectivity index (χ4n) is 2.77. The summed E-state index contributed by atoms with van der Waals surface area (Å²) in [5, 5.41) is 2.94. The number of fused-ring (bicyclic) bond motifs is 1. The van der Waals surface area contributed by atoms with Crippen molar-refractivity contribution in [3.05, 3.63) is 46.5 Å². The molecular formula is C17H21N3O2. The first-order valence-corrected chi connectivity index (χ1v) is 7.52. The zero-order valence-corrected chi connectivity index (χ0v) is 13.4. The zero-order valence-electron chi connectivity index (χ0n) is 13.4. The second kappa shape index (κ2) is 5.48. The first kappa shape index (κ1) is 14.6. The van der Waals surface area contributed by atoms with Crippen molar-refractivity contribution in [2.75, 3.05) is 0 Å². The molecule has 1 amide bonds. The summed E-state index contributed by atoms with van der Waals surface area (Å²) in [6, 6.07) is 5.60. The van der Waals surface area contributed by atoms with Crippen LogP contribution in [0, 0.1) is 13.8 Å². The van der Waals surface area contributed by atoms with Crippen LogP contribution in [0.3, 0.4) is 0 Å². The summed E-state index contributed by atoms with van der Waals surface area (Å²) in [6.07, 6.45) is 1.04. The van der Waals surface area contributed by atoms with E-state index in [0.717, 1.165) is 34.9 Å². The van der Waals surface area contributed by atoms with Crippen LogP contribution in [0.4, 0.5) is 0 Å². The predicted octanol–water partition coefficient (Wildman–Crippen LogP) is 2.29. The van der Waals surface area contributed by atoms with Crippen LogP contribution >= 0.6 is 0 Å². The molecule has 0 spiro atoms. The fraction of sp³-hybridized carbons (Fsp3) is 0.412. The Balaban J connectivity index is 1.70. The third kappa shape index (κ3) is 2.58. The summed E-state index contributed by atoms with van der Waals surface area (Å²) in [5.41, 5.74) is 3.88. The maximum atomic E-state index is 12.3. The number of nitrogens with one attached hydrogen (secondary N) is 1. The van der Waals surface area contributed by atoms with Crippen LogP contribution in [0.25, 0.3) is 0 Å². The molecule has 116 valence electrons. The Morgan fingerprint density at radius 1 is 1.45 bits per heavy atom. The Kier molecular flexibility index (Phi) is 3.64. The smallest absolute Gasteiger partial charge is 0.251 e. The van der Waals surface area contributed by atoms with E-state index in [0.29, 0.717) is 12.1 Å². The number of ether oxygens (including phenoxy) is 1. The quantitative estimate of drug-likeness (QED) is 0.946. The molecule has 0 saturated carbocycles. The lowest BCUT2D eigenvalue weighted by atomic mass is 10.1. The van der Waals surface area contributed by atoms with E-state index in [9.17, 15) is 4.79 Å². The average Bonchev–Trinajstić information content (AvgIpc) is 2.98. The molecular weight excluding hydrogens is 278 g/mol. The molecule has 1 aliphatic heterocycles. The molecule has 5 heteroatoms. The van der Waals surface area contributed by atoms with Crippen LogP contribution in [0.15, 0.2) is 18.2 Å². The average molecular weight is 299 g/mol. The van der Waals surface area contributed by atoms with Gasteiger partial charge in [0, 0.05) is 24.7 Å². The van der Waals surface area contributed by atoms with Gasteiger partial charge in [0.2, 0.25) is 0 Å². The lowest BCUT2D eigenvalue weighted by Crippen LogP contribution is -2.24. The minimum absolute atomic E-state index is 0.0827. The van der Waals surface area contributed by atoms with Gasteiger partial charge in [-0.05, 0) is 44.5 Å². The van der Waals surface area contributed by atoms with E-state index in [1.165, 1.54) is 0 Å². The van der Waals surface area contributed by atoms with Gasteiger partial charge in [-0.1, -0.05) is 0 Å². The van der Waals surface area contributed by atoms with E-state index in [4.69, 9.17) is 4.74 Å². The Morgan fingerprint density at radius 3 is 2.91 bits per heavy atom. The SMILES string of the molecule is Cc1nc(CNC(=O)c2ccc3c(c2)CC(C)O3)n(C)c1C. The number of hydrogen-bond acceptors (Lipinski definition) is 3. The molecule has 0 fully saturated rings. The molecule has 0 aliphatic carbocycles. The third-order valence-electron chi connectivity index (χ3n) is 4.28. The number of hydrogen-bond donors (Lipinski definition) is 1. The molecule has 1 aromatic carbocycles. The molecule has 0 saturated heterocycles. The topological polar surface area (TPSA) is 56.1 Å². The number of rotatable bonds is 3. The second-order valence-electron chi connectivity index (χ2n) is 5.90. The van der Waals surface area contributed by atoms with Gasteiger partial charge < -0.3 is 14.6 Å². The van der Waals surface area contributed by atoms with E-state index in [1.807, 2.05) is 44.5 Å². The second-order valence-corrected chi connectivity index (χ2v) is 5.90. The zero-order chi connectivity index (χ0) is 15.9. The molecule has 1 N–H and O–H groups in total. The Morgan fingerprint density at radius 2 is 2.23 bits per heavy atom. The summed E-state index contributed by atoms with van der Waals surface area (Å²) in [5.74, 6) is 1.67. The normalized spacial score (nSPS) is 16.3. The third-order valence-corrected chi connectivity index (χ3v) is 4.28. The van der Waals surface area contributed by atoms with E-state index in [-0.39, 0.29) is 12.0 Å². The Hall–Kier alpha value is -2.30. The van der Waals surface area contributed by atoms with Crippen LogP contribution in [-0.4, -0.2) is 21.6 Å². The highest BCUT2D eigenvalue weighted by Crippen LogP contribution is 2.29. The first-order valence-electron chi connectivity index (χ1n) is 7.52. The van der Waals surface area contributed by atoms with Crippen molar-refractivity contribution in [1.29, 1.82) is 0 Å². The molecule has 2 heterocycles. The Bertz CT molecular complexity index is 734. The first-order chi connectivity index (χ1) is 10.5. The highest BCUT2D eigenvalue weighted by molar-refractivity contribution is 5.94. The molecule has 5 nitrogen and oxygen atoms in total. The van der Waals surface area contributed by atoms with Crippen molar-refractivity contribution in [3.8, 4) is 5.75 Å². The molecule has 2 aromatic rings. The molecule has 1 unspecified atom stereocenters. The number of amides is 1. The van der Waals surface area contributed by atoms with Gasteiger partial charge >= 0.3 is 0 Å². The van der Waals surface area contributed by atoms with Crippen LogP contribution in [-0.2, 0) is 20.0 Å². The summed E-state index contributed by atoms with van der Waals surface area (Å²) in [6.45, 7) is 6.46. The standard InChI is InChI=1S/C17H21N3O2/c1-10-7-14-8-13(5-6-15(14)22-10)17(21)18-9-16-19-11(2)12(3)20(16)4/h5-6,8,10H,7,9H2,1-4H3,(H,18,21). The van der Waals surface area contributed by atoms with Gasteiger partial charge in [0.05, 0.1) is 12.2 Å². The summed E-state index contributed by atoms with van der Waals surface area (Å²) >= 11 is 0. The number of aryl methyl sites for hydroxylation is 1. The van der Waals surface area contributed by atoms with Crippen molar-refractivity contribution in [2.24, 2.45) is 7.05 Å². The van der Waals surface area contributed by atoms with Crippen LogP contribution < -0.4 is 10.1 Å². The van der Waals surface area contributed by atoms with E-state index >= 15 is 0 Å². The monoisotopic (exact) mass is 299 g/mol. The Labute approximate surface area is 130 Å². The fourth-order valence-corrected chi connectivity index (χ4v) is 2.77. The molecule has 22 heavy (non-hydrogen) atoms. The van der Waals surface area contributed by atoms with Crippen molar-refractivity contribution in [1.82, 2.24) is 14.9 Å². The van der Waals surface area contributed by atoms with Crippen LogP contribution in [0.1, 0.15) is 40.1 Å². The summed E-state index contributed by atoms with van der Waals surface area (Å²) in [7, 11) is 1.96. The van der Waals surface area contributed by atoms with E-state index in [1.54, 1.807) is 6.07 Å². The van der Waals surface area contributed by atoms with E-state index < -0.39 is 0 Å². The largest absolute Gasteiger partial charge is 0.490 e. The predicted molar refractivity (Wildman–Crippen MR) is 84.1 cm³/mol. The van der Waals surface area contributed by atoms with Gasteiger partial charge in [0.25, 0.3) is 5.91 Å². The number of imidazole rings is 1. The molecule has 0 bridgehead atoms. The lowest BCUT2D eigenvalue weighted by molar-refractivity contribution is 0.0949. The van der Waals surface area contributed by atoms with Crippen molar-refractivity contribution in [2.45, 2.75) is 39.8 Å². The van der Waals surface area contributed by atoms with Gasteiger partial charge in [0.1, 0.15) is 17.7 Å². The molecule has 3 rings (SSSR count). The lowest BCUT2D eigenvalue weighted by Gasteiger charge is -2.07. The van der Waals surface area contributed by atoms with Crippen LogP contribution in [0.2, 0.25) is 0 Å². The maximum absolute atomic E-state index is 12.3. The summed E-state index contributed by atoms with van der Waals surface area (Å²) in [4.78, 5) is 16.8. The highest BCUT2D eigenvalue weighted by atomic mass is 16.5. The van der Waals surface area contributed by atoms with E-state index in [2.05, 4.69) is 10.3 Å². The van der Waals surface area contributed by atoms with Gasteiger partial charge in [-0.25, -0.2) is 4.98 Å². The number of aromatic nitrogens is 2. The van der Waals surface area contributed by atoms with Gasteiger partial charge in [-0.2, -0.15) is 0 Å². The number of benzene rings is 1. The van der Waals surface area contributed by atoms with Crippen LogP contribution in [0.5, 0.6) is 5.75 Å². The minimum atomic E-state index is -0.0827. The molecule has 1 aromatic heterocycles. The van der Waals surface area contributed by atoms with Gasteiger partial charge in [-0.15, -0.1) is 0 Å². The number of carbonyl (C=O) groups is 1. The van der Waals surface area contributed by atoms with Crippen molar-refractivity contribution < 1.29 is 9.53 Å². The molecule has 1 aliphatic rings. The number of nitrogens with zero attached hydrogens (tertiary/aromatic N) is 2. The molecule has 1 atom stereocenters. The number of carbonyl (C=O) groups excluding carboxylic acids is 1. The summed E-state index contributed by atoms with van der Waals surface area (Å²) < 4.78 is 7.67. The molecule has 0 radical (unpaired) electrons. The minimum Gasteiger partial charge on any atom is -0.490 e. The van der Waals surface area contributed by atoms with Crippen molar-refractivity contribution in [3.63, 3.8) is 0 Å². The van der Waals surface area contributed by atoms with Gasteiger partial charge in [0.15, 0.2) is 0 Å². The van der Waals surface area contributed by atoms with Gasteiger partial charge in [-0.3, -0.25) is 4.79 Å². The highest BCUT2D eigenvalue weighted by Gasteiger charge is 2.20. The maximum Gasteiger partial charge on any atom is 0.251 e. The van der Waals surface area contributed by atoms with Crippen molar-refractivity contribution >= 4 is 5.91 Å².